The van der Waals surface area contributed by atoms with Crippen molar-refractivity contribution in [3.05, 3.63) is 50.7 Å². The largest absolute Gasteiger partial charge is 0.481 e. The Balaban J connectivity index is 1.92. The summed E-state index contributed by atoms with van der Waals surface area (Å²) >= 11 is 7.46. The maximum Gasteiger partial charge on any atom is 0.280 e. The first-order valence-electron chi connectivity index (χ1n) is 6.77. The number of aryl methyl sites for hydroxylation is 2. The molecule has 0 spiro atoms. The van der Waals surface area contributed by atoms with Crippen LogP contribution in [0.25, 0.3) is 0 Å². The molecule has 22 heavy (non-hydrogen) atoms. The van der Waals surface area contributed by atoms with Crippen molar-refractivity contribution < 1.29 is 9.53 Å². The lowest BCUT2D eigenvalue weighted by atomic mass is 10.2. The molecule has 0 bridgehead atoms. The monoisotopic (exact) mass is 336 g/mol. The van der Waals surface area contributed by atoms with E-state index in [-0.39, 0.29) is 5.91 Å². The molecule has 1 amide bonds. The van der Waals surface area contributed by atoms with E-state index in [9.17, 15) is 4.79 Å². The predicted molar refractivity (Wildman–Crippen MR) is 91.1 cm³/mol. The summed E-state index contributed by atoms with van der Waals surface area (Å²) < 4.78 is 5.63. The summed E-state index contributed by atoms with van der Waals surface area (Å²) in [6.45, 7) is 5.55. The Kier molecular flexibility index (Phi) is 5.57. The zero-order valence-electron chi connectivity index (χ0n) is 12.6. The molecule has 6 heteroatoms. The molecule has 0 saturated carbocycles. The maximum absolute atomic E-state index is 12.0. The van der Waals surface area contributed by atoms with Gasteiger partial charge < -0.3 is 4.74 Å². The van der Waals surface area contributed by atoms with E-state index in [2.05, 4.69) is 10.5 Å². The summed E-state index contributed by atoms with van der Waals surface area (Å²) in [7, 11) is 0. The molecule has 0 aliphatic carbocycles. The first kappa shape index (κ1) is 16.5. The molecule has 1 aromatic carbocycles. The molecule has 2 rings (SSSR count). The van der Waals surface area contributed by atoms with Crippen molar-refractivity contribution in [3.8, 4) is 5.75 Å². The van der Waals surface area contributed by atoms with Gasteiger partial charge in [0.1, 0.15) is 5.75 Å². The average Bonchev–Trinajstić information content (AvgIpc) is 2.87. The van der Waals surface area contributed by atoms with Crippen LogP contribution in [0, 0.1) is 13.8 Å². The fourth-order valence-electron chi connectivity index (χ4n) is 1.75. The number of thiophene rings is 1. The minimum Gasteiger partial charge on any atom is -0.481 e. The topological polar surface area (TPSA) is 50.7 Å². The molecule has 0 saturated heterocycles. The van der Waals surface area contributed by atoms with Crippen LogP contribution in [-0.2, 0) is 4.79 Å². The Morgan fingerprint density at radius 3 is 2.77 bits per heavy atom. The highest BCUT2D eigenvalue weighted by Gasteiger charge is 2.15. The summed E-state index contributed by atoms with van der Waals surface area (Å²) in [5.74, 6) is 0.324. The number of carbonyl (C=O) groups is 1. The third-order valence-electron chi connectivity index (χ3n) is 3.07. The van der Waals surface area contributed by atoms with Crippen LogP contribution in [0.4, 0.5) is 0 Å². The highest BCUT2D eigenvalue weighted by molar-refractivity contribution is 7.11. The number of nitrogens with one attached hydrogen (secondary N) is 1. The van der Waals surface area contributed by atoms with E-state index >= 15 is 0 Å². The maximum atomic E-state index is 12.0. The van der Waals surface area contributed by atoms with Gasteiger partial charge in [-0.1, -0.05) is 11.6 Å². The molecule has 4 nitrogen and oxygen atoms in total. The quantitative estimate of drug-likeness (QED) is 0.664. The highest BCUT2D eigenvalue weighted by Crippen LogP contribution is 2.22. The Bertz CT molecular complexity index is 697. The lowest BCUT2D eigenvalue weighted by Crippen LogP contribution is -2.33. The molecule has 116 valence electrons. The summed E-state index contributed by atoms with van der Waals surface area (Å²) in [6, 6.07) is 7.27. The van der Waals surface area contributed by atoms with Crippen molar-refractivity contribution in [1.29, 1.82) is 0 Å². The van der Waals surface area contributed by atoms with Crippen LogP contribution in [0.1, 0.15) is 22.9 Å². The van der Waals surface area contributed by atoms with Gasteiger partial charge in [0.05, 0.1) is 6.21 Å². The van der Waals surface area contributed by atoms with Crippen molar-refractivity contribution in [2.24, 2.45) is 5.10 Å². The molecule has 1 atom stereocenters. The molecule has 0 aliphatic heterocycles. The average molecular weight is 337 g/mol. The third-order valence-corrected chi connectivity index (χ3v) is 4.26. The van der Waals surface area contributed by atoms with Gasteiger partial charge in [0.2, 0.25) is 0 Å². The molecule has 0 aliphatic rings. The van der Waals surface area contributed by atoms with Gasteiger partial charge in [-0.15, -0.1) is 11.3 Å². The Labute approximate surface area is 138 Å². The SMILES string of the molecule is Cc1cc(Cl)ccc1OC(C)C(=O)N/N=C/c1sccc1C. The highest BCUT2D eigenvalue weighted by atomic mass is 35.5. The van der Waals surface area contributed by atoms with E-state index in [4.69, 9.17) is 16.3 Å². The number of ether oxygens (including phenoxy) is 1. The Morgan fingerprint density at radius 1 is 1.36 bits per heavy atom. The van der Waals surface area contributed by atoms with E-state index in [1.807, 2.05) is 25.3 Å². The van der Waals surface area contributed by atoms with Crippen molar-refractivity contribution in [2.45, 2.75) is 26.9 Å². The number of halogens is 1. The van der Waals surface area contributed by atoms with Gasteiger partial charge in [0.25, 0.3) is 5.91 Å². The van der Waals surface area contributed by atoms with Crippen LogP contribution in [0.15, 0.2) is 34.7 Å². The molecule has 1 aromatic heterocycles. The van der Waals surface area contributed by atoms with Crippen LogP contribution in [0.2, 0.25) is 5.02 Å². The zero-order chi connectivity index (χ0) is 16.1. The molecular weight excluding hydrogens is 320 g/mol. The second kappa shape index (κ2) is 7.42. The van der Waals surface area contributed by atoms with Crippen molar-refractivity contribution in [3.63, 3.8) is 0 Å². The Hall–Kier alpha value is -1.85. The molecule has 1 N–H and O–H groups in total. The summed E-state index contributed by atoms with van der Waals surface area (Å²) in [5, 5.41) is 6.58. The molecule has 1 heterocycles. The van der Waals surface area contributed by atoms with E-state index in [0.29, 0.717) is 10.8 Å². The number of nitrogens with zero attached hydrogens (tertiary/aromatic N) is 1. The zero-order valence-corrected chi connectivity index (χ0v) is 14.2. The molecular formula is C16H17ClN2O2S. The first-order valence-corrected chi connectivity index (χ1v) is 8.03. The van der Waals surface area contributed by atoms with Crippen LogP contribution in [0.3, 0.4) is 0 Å². The lowest BCUT2D eigenvalue weighted by Gasteiger charge is -2.14. The predicted octanol–water partition coefficient (Wildman–Crippen LogP) is 3.94. The summed E-state index contributed by atoms with van der Waals surface area (Å²) in [4.78, 5) is 13.0. The van der Waals surface area contributed by atoms with Crippen molar-refractivity contribution in [2.75, 3.05) is 0 Å². The normalized spacial score (nSPS) is 12.4. The number of amides is 1. The fourth-order valence-corrected chi connectivity index (χ4v) is 2.76. The second-order valence-corrected chi connectivity index (χ2v) is 6.26. The second-order valence-electron chi connectivity index (χ2n) is 4.87. The third kappa shape index (κ3) is 4.32. The fraction of sp³-hybridized carbons (Fsp3) is 0.250. The van der Waals surface area contributed by atoms with Gasteiger partial charge in [-0.3, -0.25) is 4.79 Å². The van der Waals surface area contributed by atoms with E-state index in [1.54, 1.807) is 42.7 Å². The lowest BCUT2D eigenvalue weighted by molar-refractivity contribution is -0.127. The smallest absolute Gasteiger partial charge is 0.280 e. The summed E-state index contributed by atoms with van der Waals surface area (Å²) in [5.41, 5.74) is 4.49. The van der Waals surface area contributed by atoms with Crippen LogP contribution in [0.5, 0.6) is 5.75 Å². The van der Waals surface area contributed by atoms with Gasteiger partial charge in [0, 0.05) is 9.90 Å². The molecule has 0 fully saturated rings. The van der Waals surface area contributed by atoms with Gasteiger partial charge in [-0.05, 0) is 61.5 Å². The van der Waals surface area contributed by atoms with Gasteiger partial charge in [0.15, 0.2) is 6.10 Å². The molecule has 1 unspecified atom stereocenters. The van der Waals surface area contributed by atoms with Crippen LogP contribution >= 0.6 is 22.9 Å². The number of hydrogen-bond donors (Lipinski definition) is 1. The van der Waals surface area contributed by atoms with Crippen molar-refractivity contribution >= 4 is 35.1 Å². The van der Waals surface area contributed by atoms with Crippen LogP contribution in [-0.4, -0.2) is 18.2 Å². The van der Waals surface area contributed by atoms with E-state index in [1.165, 1.54) is 0 Å². The number of rotatable bonds is 5. The van der Waals surface area contributed by atoms with E-state index in [0.717, 1.165) is 16.0 Å². The first-order chi connectivity index (χ1) is 10.5. The van der Waals surface area contributed by atoms with E-state index < -0.39 is 6.10 Å². The number of hydrazone groups is 1. The summed E-state index contributed by atoms with van der Waals surface area (Å²) in [6.07, 6.45) is 0.986. The van der Waals surface area contributed by atoms with Crippen molar-refractivity contribution in [1.82, 2.24) is 5.43 Å². The molecule has 2 aromatic rings. The Morgan fingerprint density at radius 2 is 2.14 bits per heavy atom. The van der Waals surface area contributed by atoms with Gasteiger partial charge in [-0.2, -0.15) is 5.10 Å². The van der Waals surface area contributed by atoms with Gasteiger partial charge >= 0.3 is 0 Å². The standard InChI is InChI=1S/C16H17ClN2O2S/c1-10-6-7-22-15(10)9-18-19-16(20)12(3)21-14-5-4-13(17)8-11(14)2/h4-9,12H,1-3H3,(H,19,20)/b18-9+. The minimum atomic E-state index is -0.651. The number of carbonyl (C=O) groups excluding carboxylic acids is 1. The van der Waals surface area contributed by atoms with Crippen LogP contribution < -0.4 is 10.2 Å². The number of hydrogen-bond acceptors (Lipinski definition) is 4. The number of benzene rings is 1. The molecule has 0 radical (unpaired) electrons. The van der Waals surface area contributed by atoms with Gasteiger partial charge in [-0.25, -0.2) is 5.43 Å². The minimum absolute atomic E-state index is 0.306.